The van der Waals surface area contributed by atoms with E-state index in [1.54, 1.807) is 0 Å². The third-order valence-corrected chi connectivity index (χ3v) is 3.80. The molecule has 0 bridgehead atoms. The maximum absolute atomic E-state index is 6.05. The van der Waals surface area contributed by atoms with Crippen LogP contribution in [0.15, 0.2) is 30.3 Å². The number of hydrogen-bond donors (Lipinski definition) is 2. The summed E-state index contributed by atoms with van der Waals surface area (Å²) >= 11 is 0. The molecule has 0 aromatic heterocycles. The fraction of sp³-hybridized carbons (Fsp3) is 0.294. The lowest BCUT2D eigenvalue weighted by Crippen LogP contribution is -2.14. The fourth-order valence-corrected chi connectivity index (χ4v) is 2.54. The zero-order valence-electron chi connectivity index (χ0n) is 12.7. The average molecular weight is 269 g/mol. The van der Waals surface area contributed by atoms with Gasteiger partial charge < -0.3 is 16.4 Å². The lowest BCUT2D eigenvalue weighted by Gasteiger charge is -2.25. The van der Waals surface area contributed by atoms with E-state index in [4.69, 9.17) is 11.5 Å². The molecule has 0 saturated heterocycles. The number of rotatable bonds is 3. The lowest BCUT2D eigenvalue weighted by atomic mass is 10.0. The average Bonchev–Trinajstić information content (AvgIpc) is 2.42. The van der Waals surface area contributed by atoms with Crippen LogP contribution < -0.4 is 16.4 Å². The Kier molecular flexibility index (Phi) is 3.89. The van der Waals surface area contributed by atoms with E-state index in [9.17, 15) is 0 Å². The first kappa shape index (κ1) is 14.3. The van der Waals surface area contributed by atoms with Crippen molar-refractivity contribution in [1.29, 1.82) is 0 Å². The maximum atomic E-state index is 6.05. The summed E-state index contributed by atoms with van der Waals surface area (Å²) in [6.07, 6.45) is 0.973. The molecule has 2 rings (SSSR count). The van der Waals surface area contributed by atoms with Crippen LogP contribution in [-0.2, 0) is 6.42 Å². The first-order valence-electron chi connectivity index (χ1n) is 6.93. The van der Waals surface area contributed by atoms with Crippen molar-refractivity contribution in [2.45, 2.75) is 27.2 Å². The van der Waals surface area contributed by atoms with Crippen LogP contribution >= 0.6 is 0 Å². The van der Waals surface area contributed by atoms with Crippen molar-refractivity contribution in [3.05, 3.63) is 47.0 Å². The normalized spacial score (nSPS) is 10.6. The Morgan fingerprint density at radius 2 is 1.65 bits per heavy atom. The SMILES string of the molecule is CCc1ccc(N)cc1N(C)c1cc(N)c(C)cc1C. The minimum Gasteiger partial charge on any atom is -0.399 e. The van der Waals surface area contributed by atoms with E-state index >= 15 is 0 Å². The number of nitrogens with two attached hydrogens (primary N) is 2. The molecule has 0 fully saturated rings. The molecule has 4 N–H and O–H groups in total. The van der Waals surface area contributed by atoms with Gasteiger partial charge in [0.2, 0.25) is 0 Å². The molecule has 3 heteroatoms. The van der Waals surface area contributed by atoms with Crippen molar-refractivity contribution >= 4 is 22.7 Å². The maximum Gasteiger partial charge on any atom is 0.0461 e. The highest BCUT2D eigenvalue weighted by atomic mass is 15.1. The number of benzene rings is 2. The first-order chi connectivity index (χ1) is 9.43. The van der Waals surface area contributed by atoms with E-state index in [-0.39, 0.29) is 0 Å². The van der Waals surface area contributed by atoms with E-state index in [1.165, 1.54) is 11.1 Å². The Morgan fingerprint density at radius 1 is 0.950 bits per heavy atom. The summed E-state index contributed by atoms with van der Waals surface area (Å²) in [4.78, 5) is 2.17. The molecule has 0 saturated carbocycles. The smallest absolute Gasteiger partial charge is 0.0461 e. The molecule has 20 heavy (non-hydrogen) atoms. The second-order valence-electron chi connectivity index (χ2n) is 5.30. The molecule has 2 aromatic carbocycles. The van der Waals surface area contributed by atoms with E-state index in [1.807, 2.05) is 25.1 Å². The minimum absolute atomic E-state index is 0.779. The molecule has 0 aliphatic rings. The summed E-state index contributed by atoms with van der Waals surface area (Å²) in [5.41, 5.74) is 19.5. The van der Waals surface area contributed by atoms with Crippen molar-refractivity contribution in [2.75, 3.05) is 23.4 Å². The molecule has 0 amide bonds. The van der Waals surface area contributed by atoms with Gasteiger partial charge in [-0.1, -0.05) is 19.1 Å². The highest BCUT2D eigenvalue weighted by Gasteiger charge is 2.12. The van der Waals surface area contributed by atoms with Gasteiger partial charge in [0, 0.05) is 29.8 Å². The van der Waals surface area contributed by atoms with Gasteiger partial charge in [-0.2, -0.15) is 0 Å². The third-order valence-electron chi connectivity index (χ3n) is 3.80. The highest BCUT2D eigenvalue weighted by molar-refractivity contribution is 5.74. The van der Waals surface area contributed by atoms with Crippen LogP contribution in [0.1, 0.15) is 23.6 Å². The quantitative estimate of drug-likeness (QED) is 0.833. The van der Waals surface area contributed by atoms with Crippen LogP contribution in [0, 0.1) is 13.8 Å². The van der Waals surface area contributed by atoms with Crippen LogP contribution in [0.25, 0.3) is 0 Å². The van der Waals surface area contributed by atoms with Crippen molar-refractivity contribution in [1.82, 2.24) is 0 Å². The van der Waals surface area contributed by atoms with Crippen LogP contribution in [0.4, 0.5) is 22.7 Å². The van der Waals surface area contributed by atoms with Crippen LogP contribution in [-0.4, -0.2) is 7.05 Å². The molecule has 0 spiro atoms. The van der Waals surface area contributed by atoms with Gasteiger partial charge in [0.1, 0.15) is 0 Å². The predicted octanol–water partition coefficient (Wildman–Crippen LogP) is 3.80. The molecule has 106 valence electrons. The molecule has 3 nitrogen and oxygen atoms in total. The van der Waals surface area contributed by atoms with E-state index in [0.29, 0.717) is 0 Å². The fourth-order valence-electron chi connectivity index (χ4n) is 2.54. The highest BCUT2D eigenvalue weighted by Crippen LogP contribution is 2.33. The van der Waals surface area contributed by atoms with Gasteiger partial charge in [-0.15, -0.1) is 0 Å². The van der Waals surface area contributed by atoms with E-state index in [2.05, 4.69) is 37.9 Å². The number of aryl methyl sites for hydroxylation is 3. The zero-order chi connectivity index (χ0) is 14.9. The Bertz CT molecular complexity index is 632. The summed E-state index contributed by atoms with van der Waals surface area (Å²) in [7, 11) is 2.06. The monoisotopic (exact) mass is 269 g/mol. The molecule has 0 unspecified atom stereocenters. The van der Waals surface area contributed by atoms with Crippen molar-refractivity contribution in [3.63, 3.8) is 0 Å². The summed E-state index contributed by atoms with van der Waals surface area (Å²) in [6, 6.07) is 10.2. The number of nitrogen functional groups attached to an aromatic ring is 2. The number of nitrogens with zero attached hydrogens (tertiary/aromatic N) is 1. The lowest BCUT2D eigenvalue weighted by molar-refractivity contribution is 1.09. The van der Waals surface area contributed by atoms with Gasteiger partial charge >= 0.3 is 0 Å². The second kappa shape index (κ2) is 5.45. The van der Waals surface area contributed by atoms with Crippen molar-refractivity contribution in [3.8, 4) is 0 Å². The summed E-state index contributed by atoms with van der Waals surface area (Å²) in [5, 5.41) is 0. The van der Waals surface area contributed by atoms with Gasteiger partial charge in [-0.05, 0) is 55.2 Å². The largest absolute Gasteiger partial charge is 0.399 e. The van der Waals surface area contributed by atoms with Gasteiger partial charge in [-0.3, -0.25) is 0 Å². The van der Waals surface area contributed by atoms with Crippen LogP contribution in [0.5, 0.6) is 0 Å². The number of hydrogen-bond acceptors (Lipinski definition) is 3. The molecule has 0 aliphatic carbocycles. The van der Waals surface area contributed by atoms with E-state index < -0.39 is 0 Å². The molecule has 0 aliphatic heterocycles. The standard InChI is InChI=1S/C17H23N3/c1-5-13-6-7-14(18)9-17(13)20(4)16-10-15(19)11(2)8-12(16)3/h6-10H,5,18-19H2,1-4H3. The topological polar surface area (TPSA) is 55.3 Å². The van der Waals surface area contributed by atoms with Crippen LogP contribution in [0.2, 0.25) is 0 Å². The molecular weight excluding hydrogens is 246 g/mol. The number of anilines is 4. The molecule has 0 heterocycles. The summed E-state index contributed by atoms with van der Waals surface area (Å²) < 4.78 is 0. The van der Waals surface area contributed by atoms with Gasteiger partial charge in [0.15, 0.2) is 0 Å². The Balaban J connectivity index is 2.54. The van der Waals surface area contributed by atoms with Gasteiger partial charge in [0.05, 0.1) is 0 Å². The minimum atomic E-state index is 0.779. The van der Waals surface area contributed by atoms with Crippen LogP contribution in [0.3, 0.4) is 0 Å². The van der Waals surface area contributed by atoms with Gasteiger partial charge in [-0.25, -0.2) is 0 Å². The molecule has 0 atom stereocenters. The molecular formula is C17H23N3. The second-order valence-corrected chi connectivity index (χ2v) is 5.30. The van der Waals surface area contributed by atoms with E-state index in [0.717, 1.165) is 34.7 Å². The molecule has 2 aromatic rings. The Morgan fingerprint density at radius 3 is 2.30 bits per heavy atom. The predicted molar refractivity (Wildman–Crippen MR) is 88.6 cm³/mol. The van der Waals surface area contributed by atoms with Gasteiger partial charge in [0.25, 0.3) is 0 Å². The van der Waals surface area contributed by atoms with Crippen molar-refractivity contribution < 1.29 is 0 Å². The Hall–Kier alpha value is -2.16. The molecule has 0 radical (unpaired) electrons. The summed E-state index contributed by atoms with van der Waals surface area (Å²) in [6.45, 7) is 6.29. The Labute approximate surface area is 121 Å². The first-order valence-corrected chi connectivity index (χ1v) is 6.93. The third kappa shape index (κ3) is 2.57. The zero-order valence-corrected chi connectivity index (χ0v) is 12.7. The summed E-state index contributed by atoms with van der Waals surface area (Å²) in [5.74, 6) is 0. The van der Waals surface area contributed by atoms with Crippen molar-refractivity contribution in [2.24, 2.45) is 0 Å².